The summed E-state index contributed by atoms with van der Waals surface area (Å²) in [7, 11) is 0. The summed E-state index contributed by atoms with van der Waals surface area (Å²) < 4.78 is 27.8. The summed E-state index contributed by atoms with van der Waals surface area (Å²) in [4.78, 5) is 21.9. The Morgan fingerprint density at radius 2 is 2.28 bits per heavy atom. The molecule has 1 heterocycles. The number of carbonyl (C=O) groups excluding carboxylic acids is 2. The highest BCUT2D eigenvalue weighted by atomic mass is 19.1. The van der Waals surface area contributed by atoms with Crippen molar-refractivity contribution in [2.24, 2.45) is 11.8 Å². The van der Waals surface area contributed by atoms with Crippen molar-refractivity contribution in [3.05, 3.63) is 23.7 Å². The minimum absolute atomic E-state index is 0.126. The molecule has 4 nitrogen and oxygen atoms in total. The van der Waals surface area contributed by atoms with Gasteiger partial charge in [0.1, 0.15) is 12.0 Å². The first-order valence-electron chi connectivity index (χ1n) is 5.74. The van der Waals surface area contributed by atoms with Gasteiger partial charge in [0.05, 0.1) is 5.92 Å². The van der Waals surface area contributed by atoms with Crippen LogP contribution in [0.15, 0.2) is 23.7 Å². The molecule has 0 radical (unpaired) electrons. The van der Waals surface area contributed by atoms with Crippen LogP contribution in [0.2, 0.25) is 0 Å². The lowest BCUT2D eigenvalue weighted by Crippen LogP contribution is -2.31. The van der Waals surface area contributed by atoms with Crippen LogP contribution in [0.5, 0.6) is 0 Å². The molecule has 98 valence electrons. The molecular formula is C12H14F2N2O2. The molecule has 0 aromatic heterocycles. The zero-order valence-corrected chi connectivity index (χ0v) is 9.87. The summed E-state index contributed by atoms with van der Waals surface area (Å²) in [5.41, 5.74) is 0.126. The van der Waals surface area contributed by atoms with E-state index in [1.54, 1.807) is 0 Å². The molecule has 0 aromatic carbocycles. The van der Waals surface area contributed by atoms with E-state index >= 15 is 0 Å². The molecule has 0 saturated carbocycles. The molecule has 18 heavy (non-hydrogen) atoms. The van der Waals surface area contributed by atoms with Crippen LogP contribution in [0, 0.1) is 11.8 Å². The van der Waals surface area contributed by atoms with Crippen LogP contribution in [0.4, 0.5) is 8.78 Å². The van der Waals surface area contributed by atoms with Gasteiger partial charge in [-0.2, -0.15) is 0 Å². The van der Waals surface area contributed by atoms with Gasteiger partial charge in [0.15, 0.2) is 0 Å². The zero-order valence-electron chi connectivity index (χ0n) is 9.87. The quantitative estimate of drug-likeness (QED) is 0.773. The lowest BCUT2D eigenvalue weighted by molar-refractivity contribution is -0.119. The number of nitrogens with one attached hydrogen (secondary N) is 2. The first-order chi connectivity index (χ1) is 8.47. The Balaban J connectivity index is 2.12. The number of alkyl halides is 1. The molecule has 1 aliphatic carbocycles. The Bertz CT molecular complexity index is 445. The van der Waals surface area contributed by atoms with Crippen LogP contribution in [0.3, 0.4) is 0 Å². The van der Waals surface area contributed by atoms with Gasteiger partial charge in [-0.1, -0.05) is 0 Å². The molecule has 3 atom stereocenters. The molecule has 2 amide bonds. The summed E-state index contributed by atoms with van der Waals surface area (Å²) >= 11 is 0. The second-order valence-electron chi connectivity index (χ2n) is 4.57. The Hall–Kier alpha value is -1.72. The van der Waals surface area contributed by atoms with Crippen molar-refractivity contribution in [2.75, 3.05) is 6.54 Å². The Morgan fingerprint density at radius 1 is 1.56 bits per heavy atom. The summed E-state index contributed by atoms with van der Waals surface area (Å²) in [6.45, 7) is 1.56. The third kappa shape index (κ3) is 2.57. The smallest absolute Gasteiger partial charge is 0.221 e. The Labute approximate surface area is 103 Å². The van der Waals surface area contributed by atoms with Crippen molar-refractivity contribution in [3.8, 4) is 0 Å². The van der Waals surface area contributed by atoms with Gasteiger partial charge in [-0.05, 0) is 18.1 Å². The minimum Gasteiger partial charge on any atom is -0.356 e. The van der Waals surface area contributed by atoms with Crippen LogP contribution < -0.4 is 10.6 Å². The molecule has 2 unspecified atom stereocenters. The number of allylic oxidation sites excluding steroid dienone is 3. The predicted octanol–water partition coefficient (Wildman–Crippen LogP) is 0.964. The molecule has 1 aliphatic heterocycles. The highest BCUT2D eigenvalue weighted by molar-refractivity contribution is 5.78. The summed E-state index contributed by atoms with van der Waals surface area (Å²) in [6, 6.07) is 0. The van der Waals surface area contributed by atoms with Crippen molar-refractivity contribution in [1.29, 1.82) is 0 Å². The molecule has 1 saturated heterocycles. The Kier molecular flexibility index (Phi) is 3.45. The fourth-order valence-corrected chi connectivity index (χ4v) is 2.37. The van der Waals surface area contributed by atoms with Crippen molar-refractivity contribution in [2.45, 2.75) is 19.5 Å². The predicted molar refractivity (Wildman–Crippen MR) is 60.6 cm³/mol. The van der Waals surface area contributed by atoms with E-state index in [2.05, 4.69) is 10.6 Å². The van der Waals surface area contributed by atoms with E-state index in [1.807, 2.05) is 0 Å². The normalized spacial score (nSPS) is 31.5. The summed E-state index contributed by atoms with van der Waals surface area (Å²) in [5, 5.41) is 4.91. The van der Waals surface area contributed by atoms with Crippen molar-refractivity contribution >= 4 is 11.8 Å². The van der Waals surface area contributed by atoms with Crippen LogP contribution in [-0.2, 0) is 9.59 Å². The summed E-state index contributed by atoms with van der Waals surface area (Å²) in [5.74, 6) is -2.51. The SMILES string of the molecule is CC(=O)NC1=CC(F)C([C@@H]2CNC(=O)C2)C(F)=C1. The fourth-order valence-electron chi connectivity index (χ4n) is 2.37. The first-order valence-corrected chi connectivity index (χ1v) is 5.74. The highest BCUT2D eigenvalue weighted by Gasteiger charge is 2.38. The van der Waals surface area contributed by atoms with Crippen molar-refractivity contribution in [1.82, 2.24) is 10.6 Å². The second kappa shape index (κ2) is 4.88. The van der Waals surface area contributed by atoms with Crippen LogP contribution >= 0.6 is 0 Å². The van der Waals surface area contributed by atoms with Gasteiger partial charge >= 0.3 is 0 Å². The van der Waals surface area contributed by atoms with Crippen LogP contribution in [-0.4, -0.2) is 24.5 Å². The van der Waals surface area contributed by atoms with Gasteiger partial charge in [-0.3, -0.25) is 9.59 Å². The van der Waals surface area contributed by atoms with E-state index < -0.39 is 17.9 Å². The molecular weight excluding hydrogens is 242 g/mol. The molecule has 2 N–H and O–H groups in total. The van der Waals surface area contributed by atoms with Gasteiger partial charge in [-0.15, -0.1) is 0 Å². The number of halogens is 2. The number of hydrogen-bond acceptors (Lipinski definition) is 2. The van der Waals surface area contributed by atoms with Crippen molar-refractivity contribution < 1.29 is 18.4 Å². The standard InChI is InChI=1S/C12H14F2N2O2/c1-6(17)16-8-3-9(13)12(10(14)4-8)7-2-11(18)15-5-7/h3-4,7,9,12H,2,5H2,1H3,(H,15,18)(H,16,17)/t7-,9?,12?/m0/s1. The van der Waals surface area contributed by atoms with Crippen molar-refractivity contribution in [3.63, 3.8) is 0 Å². The van der Waals surface area contributed by atoms with Gasteiger partial charge in [0.25, 0.3) is 0 Å². The maximum atomic E-state index is 13.9. The molecule has 2 aliphatic rings. The molecule has 6 heteroatoms. The average Bonchev–Trinajstić information content (AvgIpc) is 2.62. The lowest BCUT2D eigenvalue weighted by atomic mass is 9.83. The van der Waals surface area contributed by atoms with E-state index in [0.717, 1.165) is 6.08 Å². The topological polar surface area (TPSA) is 58.2 Å². The molecule has 0 spiro atoms. The number of amides is 2. The number of carbonyl (C=O) groups is 2. The molecule has 2 rings (SSSR count). The monoisotopic (exact) mass is 256 g/mol. The van der Waals surface area contributed by atoms with Gasteiger partial charge in [0.2, 0.25) is 11.8 Å². The fraction of sp³-hybridized carbons (Fsp3) is 0.500. The minimum atomic E-state index is -1.53. The van der Waals surface area contributed by atoms with Crippen LogP contribution in [0.25, 0.3) is 0 Å². The largest absolute Gasteiger partial charge is 0.356 e. The first kappa shape index (κ1) is 12.7. The Morgan fingerprint density at radius 3 is 2.78 bits per heavy atom. The van der Waals surface area contributed by atoms with Gasteiger partial charge in [0, 0.05) is 25.6 Å². The second-order valence-corrected chi connectivity index (χ2v) is 4.57. The zero-order chi connectivity index (χ0) is 13.3. The third-order valence-electron chi connectivity index (χ3n) is 3.13. The van der Waals surface area contributed by atoms with E-state index in [-0.39, 0.29) is 36.4 Å². The maximum absolute atomic E-state index is 13.9. The summed E-state index contributed by atoms with van der Waals surface area (Å²) in [6.07, 6.45) is 0.896. The number of rotatable bonds is 2. The van der Waals surface area contributed by atoms with E-state index in [4.69, 9.17) is 0 Å². The molecule has 1 fully saturated rings. The van der Waals surface area contributed by atoms with E-state index in [1.165, 1.54) is 13.0 Å². The average molecular weight is 256 g/mol. The van der Waals surface area contributed by atoms with Gasteiger partial charge < -0.3 is 10.6 Å². The van der Waals surface area contributed by atoms with Crippen LogP contribution in [0.1, 0.15) is 13.3 Å². The van der Waals surface area contributed by atoms with E-state index in [9.17, 15) is 18.4 Å². The molecule has 0 aromatic rings. The number of hydrogen-bond donors (Lipinski definition) is 2. The maximum Gasteiger partial charge on any atom is 0.221 e. The van der Waals surface area contributed by atoms with Gasteiger partial charge in [-0.25, -0.2) is 8.78 Å². The molecule has 0 bridgehead atoms. The lowest BCUT2D eigenvalue weighted by Gasteiger charge is -2.26. The van der Waals surface area contributed by atoms with E-state index in [0.29, 0.717) is 0 Å². The highest BCUT2D eigenvalue weighted by Crippen LogP contribution is 2.35. The third-order valence-corrected chi connectivity index (χ3v) is 3.13.